The Morgan fingerprint density at radius 3 is 3.00 bits per heavy atom. The summed E-state index contributed by atoms with van der Waals surface area (Å²) in [5, 5.41) is 8.29. The first kappa shape index (κ1) is 11.8. The Morgan fingerprint density at radius 2 is 2.17 bits per heavy atom. The molecule has 1 saturated carbocycles. The standard InChI is InChI=1S/C15H20N2O/c1-11(8-17-13-6-7-13)16-9-12-10-18-15-5-3-2-4-14(12)15/h2-5,10-11,13,16-17H,6-9H2,1H3. The minimum atomic E-state index is 0.485. The first-order valence-electron chi connectivity index (χ1n) is 6.75. The van der Waals surface area contributed by atoms with Crippen LogP contribution in [0.3, 0.4) is 0 Å². The van der Waals surface area contributed by atoms with E-state index in [-0.39, 0.29) is 0 Å². The number of benzene rings is 1. The maximum atomic E-state index is 5.53. The van der Waals surface area contributed by atoms with E-state index in [2.05, 4.69) is 29.7 Å². The third kappa shape index (κ3) is 2.74. The van der Waals surface area contributed by atoms with Crippen molar-refractivity contribution in [1.82, 2.24) is 10.6 Å². The maximum absolute atomic E-state index is 5.53. The lowest BCUT2D eigenvalue weighted by Gasteiger charge is -2.13. The molecule has 3 heteroatoms. The Bertz CT molecular complexity index is 516. The Kier molecular flexibility index (Phi) is 3.35. The van der Waals surface area contributed by atoms with Crippen molar-refractivity contribution in [1.29, 1.82) is 0 Å². The fourth-order valence-electron chi connectivity index (χ4n) is 2.16. The minimum Gasteiger partial charge on any atom is -0.464 e. The zero-order valence-corrected chi connectivity index (χ0v) is 10.8. The summed E-state index contributed by atoms with van der Waals surface area (Å²) in [5.74, 6) is 0. The molecule has 1 aliphatic rings. The van der Waals surface area contributed by atoms with Crippen molar-refractivity contribution in [2.24, 2.45) is 0 Å². The molecule has 3 rings (SSSR count). The summed E-state index contributed by atoms with van der Waals surface area (Å²) in [6.07, 6.45) is 4.55. The van der Waals surface area contributed by atoms with Gasteiger partial charge in [0.25, 0.3) is 0 Å². The number of nitrogens with one attached hydrogen (secondary N) is 2. The second-order valence-corrected chi connectivity index (χ2v) is 5.22. The zero-order chi connectivity index (χ0) is 12.4. The number of rotatable bonds is 6. The number of furan rings is 1. The molecule has 2 aromatic rings. The van der Waals surface area contributed by atoms with Gasteiger partial charge in [-0.05, 0) is 25.8 Å². The average Bonchev–Trinajstić information content (AvgIpc) is 3.14. The van der Waals surface area contributed by atoms with Crippen LogP contribution in [-0.4, -0.2) is 18.6 Å². The molecule has 1 aromatic carbocycles. The average molecular weight is 244 g/mol. The van der Waals surface area contributed by atoms with E-state index in [9.17, 15) is 0 Å². The fraction of sp³-hybridized carbons (Fsp3) is 0.467. The van der Waals surface area contributed by atoms with Gasteiger partial charge in [-0.15, -0.1) is 0 Å². The number of hydrogen-bond donors (Lipinski definition) is 2. The SMILES string of the molecule is CC(CNC1CC1)NCc1coc2ccccc12. The van der Waals surface area contributed by atoms with Crippen LogP contribution in [0.5, 0.6) is 0 Å². The highest BCUT2D eigenvalue weighted by Crippen LogP contribution is 2.20. The highest BCUT2D eigenvalue weighted by molar-refractivity contribution is 5.80. The fourth-order valence-corrected chi connectivity index (χ4v) is 2.16. The van der Waals surface area contributed by atoms with Gasteiger partial charge in [-0.2, -0.15) is 0 Å². The predicted molar refractivity (Wildman–Crippen MR) is 73.5 cm³/mol. The third-order valence-electron chi connectivity index (χ3n) is 3.49. The molecule has 18 heavy (non-hydrogen) atoms. The molecule has 0 aliphatic heterocycles. The molecule has 0 bridgehead atoms. The molecular formula is C15H20N2O. The van der Waals surface area contributed by atoms with E-state index in [0.29, 0.717) is 6.04 Å². The molecule has 1 atom stereocenters. The molecule has 96 valence electrons. The van der Waals surface area contributed by atoms with Crippen LogP contribution in [0.1, 0.15) is 25.3 Å². The van der Waals surface area contributed by atoms with E-state index in [0.717, 1.165) is 24.7 Å². The van der Waals surface area contributed by atoms with Crippen molar-refractivity contribution in [3.8, 4) is 0 Å². The molecule has 1 fully saturated rings. The summed E-state index contributed by atoms with van der Waals surface area (Å²) in [7, 11) is 0. The molecule has 1 aromatic heterocycles. The van der Waals surface area contributed by atoms with E-state index >= 15 is 0 Å². The van der Waals surface area contributed by atoms with Gasteiger partial charge in [0.15, 0.2) is 0 Å². The molecule has 2 N–H and O–H groups in total. The second kappa shape index (κ2) is 5.12. The summed E-state index contributed by atoms with van der Waals surface area (Å²) in [4.78, 5) is 0. The largest absolute Gasteiger partial charge is 0.464 e. The monoisotopic (exact) mass is 244 g/mol. The van der Waals surface area contributed by atoms with Gasteiger partial charge in [0.2, 0.25) is 0 Å². The van der Waals surface area contributed by atoms with Crippen LogP contribution < -0.4 is 10.6 Å². The van der Waals surface area contributed by atoms with Gasteiger partial charge in [0.05, 0.1) is 6.26 Å². The van der Waals surface area contributed by atoms with E-state index in [1.54, 1.807) is 0 Å². The van der Waals surface area contributed by atoms with Crippen LogP contribution in [0.4, 0.5) is 0 Å². The quantitative estimate of drug-likeness (QED) is 0.820. The van der Waals surface area contributed by atoms with Crippen molar-refractivity contribution < 1.29 is 4.42 Å². The molecule has 1 heterocycles. The maximum Gasteiger partial charge on any atom is 0.134 e. The topological polar surface area (TPSA) is 37.2 Å². The van der Waals surface area contributed by atoms with E-state index in [1.807, 2.05) is 18.4 Å². The van der Waals surface area contributed by atoms with Gasteiger partial charge in [-0.25, -0.2) is 0 Å². The molecule has 1 unspecified atom stereocenters. The lowest BCUT2D eigenvalue weighted by Crippen LogP contribution is -2.36. The highest BCUT2D eigenvalue weighted by atomic mass is 16.3. The van der Waals surface area contributed by atoms with Crippen LogP contribution in [0.2, 0.25) is 0 Å². The normalized spacial score (nSPS) is 17.2. The molecule has 1 aliphatic carbocycles. The third-order valence-corrected chi connectivity index (χ3v) is 3.49. The summed E-state index contributed by atoms with van der Waals surface area (Å²) < 4.78 is 5.53. The number of fused-ring (bicyclic) bond motifs is 1. The molecule has 0 spiro atoms. The minimum absolute atomic E-state index is 0.485. The predicted octanol–water partition coefficient (Wildman–Crippen LogP) is 2.66. The summed E-state index contributed by atoms with van der Waals surface area (Å²) in [5.41, 5.74) is 2.21. The zero-order valence-electron chi connectivity index (χ0n) is 10.8. The van der Waals surface area contributed by atoms with Crippen LogP contribution in [0.15, 0.2) is 34.9 Å². The van der Waals surface area contributed by atoms with E-state index in [4.69, 9.17) is 4.42 Å². The Morgan fingerprint density at radius 1 is 1.33 bits per heavy atom. The van der Waals surface area contributed by atoms with Crippen molar-refractivity contribution in [3.63, 3.8) is 0 Å². The Balaban J connectivity index is 1.55. The number of para-hydroxylation sites is 1. The molecule has 0 radical (unpaired) electrons. The van der Waals surface area contributed by atoms with Crippen LogP contribution in [0.25, 0.3) is 11.0 Å². The molecule has 0 saturated heterocycles. The Labute approximate surface area is 108 Å². The van der Waals surface area contributed by atoms with Crippen LogP contribution >= 0.6 is 0 Å². The van der Waals surface area contributed by atoms with Crippen molar-refractivity contribution in [2.45, 2.75) is 38.4 Å². The first-order valence-corrected chi connectivity index (χ1v) is 6.75. The van der Waals surface area contributed by atoms with Crippen molar-refractivity contribution in [2.75, 3.05) is 6.54 Å². The second-order valence-electron chi connectivity index (χ2n) is 5.22. The van der Waals surface area contributed by atoms with Gasteiger partial charge in [-0.3, -0.25) is 0 Å². The van der Waals surface area contributed by atoms with Gasteiger partial charge in [0, 0.05) is 36.1 Å². The molecule has 0 amide bonds. The lowest BCUT2D eigenvalue weighted by molar-refractivity contribution is 0.498. The summed E-state index contributed by atoms with van der Waals surface area (Å²) in [6, 6.07) is 9.45. The summed E-state index contributed by atoms with van der Waals surface area (Å²) >= 11 is 0. The van der Waals surface area contributed by atoms with Gasteiger partial charge in [-0.1, -0.05) is 18.2 Å². The van der Waals surface area contributed by atoms with E-state index in [1.165, 1.54) is 23.8 Å². The van der Waals surface area contributed by atoms with Gasteiger partial charge < -0.3 is 15.1 Å². The molecular weight excluding hydrogens is 224 g/mol. The number of hydrogen-bond acceptors (Lipinski definition) is 3. The summed E-state index contributed by atoms with van der Waals surface area (Å²) in [6.45, 7) is 4.13. The molecule has 3 nitrogen and oxygen atoms in total. The van der Waals surface area contributed by atoms with Gasteiger partial charge in [0.1, 0.15) is 5.58 Å². The smallest absolute Gasteiger partial charge is 0.134 e. The van der Waals surface area contributed by atoms with Crippen molar-refractivity contribution >= 4 is 11.0 Å². The lowest BCUT2D eigenvalue weighted by atomic mass is 10.1. The van der Waals surface area contributed by atoms with Crippen LogP contribution in [0, 0.1) is 0 Å². The first-order chi connectivity index (χ1) is 8.83. The highest BCUT2D eigenvalue weighted by Gasteiger charge is 2.20. The van der Waals surface area contributed by atoms with Crippen molar-refractivity contribution in [3.05, 3.63) is 36.1 Å². The van der Waals surface area contributed by atoms with Crippen LogP contribution in [-0.2, 0) is 6.54 Å². The Hall–Kier alpha value is -1.32. The van der Waals surface area contributed by atoms with E-state index < -0.39 is 0 Å². The van der Waals surface area contributed by atoms with Gasteiger partial charge >= 0.3 is 0 Å².